The normalized spacial score (nSPS) is 10.6. The Balaban J connectivity index is 2.30. The molecule has 22 heavy (non-hydrogen) atoms. The molecule has 7 nitrogen and oxygen atoms in total. The quantitative estimate of drug-likeness (QED) is 0.418. The van der Waals surface area contributed by atoms with Crippen molar-refractivity contribution in [3.8, 4) is 11.5 Å². The average molecular weight is 298 g/mol. The number of fused-ring (bicyclic) bond motifs is 1. The van der Waals surface area contributed by atoms with Gasteiger partial charge in [-0.05, 0) is 24.3 Å². The van der Waals surface area contributed by atoms with E-state index in [4.69, 9.17) is 9.15 Å². The lowest BCUT2D eigenvalue weighted by Crippen LogP contribution is -2.04. The highest BCUT2D eigenvalue weighted by molar-refractivity contribution is 6.05. The fourth-order valence-electron chi connectivity index (χ4n) is 2.16. The van der Waals surface area contributed by atoms with Crippen LogP contribution in [0.3, 0.4) is 0 Å². The average Bonchev–Trinajstić information content (AvgIpc) is 3.06. The summed E-state index contributed by atoms with van der Waals surface area (Å²) >= 11 is 0. The van der Waals surface area contributed by atoms with E-state index in [2.05, 4.69) is 4.98 Å². The van der Waals surface area contributed by atoms with Gasteiger partial charge < -0.3 is 9.15 Å². The molecule has 0 atom stereocenters. The molecule has 0 aliphatic heterocycles. The molecule has 1 aromatic carbocycles. The first-order valence-corrected chi connectivity index (χ1v) is 6.31. The molecule has 0 saturated heterocycles. The molecular formula is C15H10N2O5. The fourth-order valence-corrected chi connectivity index (χ4v) is 2.16. The van der Waals surface area contributed by atoms with Crippen molar-refractivity contribution in [3.63, 3.8) is 0 Å². The van der Waals surface area contributed by atoms with Gasteiger partial charge in [-0.3, -0.25) is 10.1 Å². The zero-order valence-electron chi connectivity index (χ0n) is 11.5. The minimum atomic E-state index is -0.597. The third-order valence-corrected chi connectivity index (χ3v) is 3.18. The van der Waals surface area contributed by atoms with Gasteiger partial charge in [-0.15, -0.1) is 0 Å². The maximum Gasteiger partial charge on any atom is 0.338 e. The van der Waals surface area contributed by atoms with Crippen LogP contribution in [0.5, 0.6) is 0 Å². The second kappa shape index (κ2) is 5.28. The molecule has 0 bridgehead atoms. The number of furan rings is 1. The van der Waals surface area contributed by atoms with Crippen molar-refractivity contribution in [1.82, 2.24) is 4.98 Å². The summed E-state index contributed by atoms with van der Waals surface area (Å²) in [4.78, 5) is 26.7. The molecule has 7 heteroatoms. The number of esters is 1. The van der Waals surface area contributed by atoms with E-state index in [0.29, 0.717) is 22.4 Å². The summed E-state index contributed by atoms with van der Waals surface area (Å²) in [7, 11) is 1.25. The van der Waals surface area contributed by atoms with Gasteiger partial charge >= 0.3 is 5.97 Å². The second-order valence-corrected chi connectivity index (χ2v) is 4.48. The predicted octanol–water partition coefficient (Wildman–Crippen LogP) is 3.19. The molecule has 0 spiro atoms. The molecule has 0 aliphatic rings. The van der Waals surface area contributed by atoms with Crippen LogP contribution in [0, 0.1) is 10.1 Å². The van der Waals surface area contributed by atoms with Crippen molar-refractivity contribution in [3.05, 3.63) is 58.3 Å². The highest BCUT2D eigenvalue weighted by Crippen LogP contribution is 2.28. The van der Waals surface area contributed by atoms with E-state index in [9.17, 15) is 14.9 Å². The number of rotatable bonds is 3. The van der Waals surface area contributed by atoms with Crippen LogP contribution < -0.4 is 0 Å². The smallest absolute Gasteiger partial charge is 0.338 e. The van der Waals surface area contributed by atoms with E-state index in [1.807, 2.05) is 0 Å². The van der Waals surface area contributed by atoms with Crippen LogP contribution in [0.15, 0.2) is 47.1 Å². The number of nitrogens with zero attached hydrogens (tertiary/aromatic N) is 2. The Labute approximate surface area is 124 Å². The van der Waals surface area contributed by atoms with E-state index in [1.165, 1.54) is 37.6 Å². The van der Waals surface area contributed by atoms with Gasteiger partial charge in [-0.1, -0.05) is 0 Å². The van der Waals surface area contributed by atoms with Gasteiger partial charge in [0.25, 0.3) is 5.69 Å². The number of pyridine rings is 1. The summed E-state index contributed by atoms with van der Waals surface area (Å²) in [5, 5.41) is 11.3. The van der Waals surface area contributed by atoms with E-state index in [-0.39, 0.29) is 11.3 Å². The molecule has 0 saturated carbocycles. The molecular weight excluding hydrogens is 288 g/mol. The molecule has 0 fully saturated rings. The van der Waals surface area contributed by atoms with Gasteiger partial charge in [-0.25, -0.2) is 9.78 Å². The Kier molecular flexibility index (Phi) is 3.30. The van der Waals surface area contributed by atoms with Crippen molar-refractivity contribution >= 4 is 22.6 Å². The first-order chi connectivity index (χ1) is 10.6. The van der Waals surface area contributed by atoms with Crippen LogP contribution >= 0.6 is 0 Å². The fraction of sp³-hybridized carbons (Fsp3) is 0.0667. The molecule has 0 unspecified atom stereocenters. The second-order valence-electron chi connectivity index (χ2n) is 4.48. The molecule has 3 aromatic rings. The number of nitro groups is 1. The van der Waals surface area contributed by atoms with Crippen LogP contribution in [0.2, 0.25) is 0 Å². The Bertz CT molecular complexity index is 871. The Morgan fingerprint density at radius 2 is 2.14 bits per heavy atom. The van der Waals surface area contributed by atoms with E-state index in [1.54, 1.807) is 12.1 Å². The minimum absolute atomic E-state index is 0.120. The minimum Gasteiger partial charge on any atom is -0.465 e. The number of non-ortho nitro benzene ring substituents is 1. The number of ether oxygens (including phenoxy) is 1. The first-order valence-electron chi connectivity index (χ1n) is 6.31. The zero-order valence-corrected chi connectivity index (χ0v) is 11.5. The summed E-state index contributed by atoms with van der Waals surface area (Å²) in [6.45, 7) is 0. The standard InChI is InChI=1S/C15H10N2O5/c1-21-15(18)11-8-13(14-3-2-6-22-14)16-12-5-4-9(17(19)20)7-10(11)12/h2-8H,1H3. The van der Waals surface area contributed by atoms with Crippen molar-refractivity contribution in [2.24, 2.45) is 0 Å². The third-order valence-electron chi connectivity index (χ3n) is 3.18. The summed E-state index contributed by atoms with van der Waals surface area (Å²) in [5.41, 5.74) is 0.972. The predicted molar refractivity (Wildman–Crippen MR) is 77.4 cm³/mol. The highest BCUT2D eigenvalue weighted by atomic mass is 16.6. The third kappa shape index (κ3) is 2.28. The van der Waals surface area contributed by atoms with Gasteiger partial charge in [0.15, 0.2) is 5.76 Å². The SMILES string of the molecule is COC(=O)c1cc(-c2ccco2)nc2ccc([N+](=O)[O-])cc12. The number of benzene rings is 1. The van der Waals surface area contributed by atoms with Gasteiger partial charge in [0.2, 0.25) is 0 Å². The molecule has 3 rings (SSSR count). The summed E-state index contributed by atoms with van der Waals surface area (Å²) in [5.74, 6) is -0.105. The molecule has 0 N–H and O–H groups in total. The van der Waals surface area contributed by atoms with Crippen molar-refractivity contribution in [2.45, 2.75) is 0 Å². The lowest BCUT2D eigenvalue weighted by molar-refractivity contribution is -0.384. The lowest BCUT2D eigenvalue weighted by atomic mass is 10.1. The molecule has 0 amide bonds. The summed E-state index contributed by atoms with van der Waals surface area (Å²) in [6, 6.07) is 9.04. The zero-order chi connectivity index (χ0) is 15.7. The number of carbonyl (C=O) groups is 1. The lowest BCUT2D eigenvalue weighted by Gasteiger charge is -2.07. The molecule has 0 radical (unpaired) electrons. The van der Waals surface area contributed by atoms with Crippen LogP contribution in [0.1, 0.15) is 10.4 Å². The van der Waals surface area contributed by atoms with Crippen molar-refractivity contribution in [2.75, 3.05) is 7.11 Å². The monoisotopic (exact) mass is 298 g/mol. The Morgan fingerprint density at radius 1 is 1.32 bits per heavy atom. The number of hydrogen-bond donors (Lipinski definition) is 0. The first kappa shape index (κ1) is 13.7. The number of carbonyl (C=O) groups excluding carboxylic acids is 1. The molecule has 2 aromatic heterocycles. The number of hydrogen-bond acceptors (Lipinski definition) is 6. The number of nitro benzene ring substituents is 1. The molecule has 110 valence electrons. The van der Waals surface area contributed by atoms with Gasteiger partial charge in [0.05, 0.1) is 29.4 Å². The van der Waals surface area contributed by atoms with Gasteiger partial charge in [0.1, 0.15) is 5.69 Å². The topological polar surface area (TPSA) is 95.5 Å². The van der Waals surface area contributed by atoms with Crippen LogP contribution in [-0.4, -0.2) is 23.0 Å². The number of aromatic nitrogens is 1. The van der Waals surface area contributed by atoms with Gasteiger partial charge in [0, 0.05) is 17.5 Å². The van der Waals surface area contributed by atoms with E-state index >= 15 is 0 Å². The molecule has 0 aliphatic carbocycles. The van der Waals surface area contributed by atoms with Crippen LogP contribution in [-0.2, 0) is 4.74 Å². The Morgan fingerprint density at radius 3 is 2.77 bits per heavy atom. The molecule has 2 heterocycles. The maximum atomic E-state index is 12.0. The highest BCUT2D eigenvalue weighted by Gasteiger charge is 2.18. The van der Waals surface area contributed by atoms with E-state index < -0.39 is 10.9 Å². The van der Waals surface area contributed by atoms with E-state index in [0.717, 1.165) is 0 Å². The summed E-state index contributed by atoms with van der Waals surface area (Å²) in [6.07, 6.45) is 1.49. The summed E-state index contributed by atoms with van der Waals surface area (Å²) < 4.78 is 10.0. The number of methoxy groups -OCH3 is 1. The maximum absolute atomic E-state index is 12.0. The van der Waals surface area contributed by atoms with Crippen molar-refractivity contribution in [1.29, 1.82) is 0 Å². The van der Waals surface area contributed by atoms with Gasteiger partial charge in [-0.2, -0.15) is 0 Å². The van der Waals surface area contributed by atoms with Crippen molar-refractivity contribution < 1.29 is 18.9 Å². The Hall–Kier alpha value is -3.22. The largest absolute Gasteiger partial charge is 0.465 e. The van der Waals surface area contributed by atoms with Crippen LogP contribution in [0.25, 0.3) is 22.4 Å². The van der Waals surface area contributed by atoms with Crippen LogP contribution in [0.4, 0.5) is 5.69 Å².